The molecule has 0 aromatic carbocycles. The SMILES string of the molecule is C=C(C)C(C)(C)C.C=CC(C)(C)C.CC(C)(C)C(=O)Cl.CC(C)(C)C(=O)OCOC(=O)ON1C(=O)CCC1=O.CC(C)(C)C(=O)ON1C(=O)CC(S(=O)(=O)O)C1=O.CC(C)(C)C(=O)ON1C(=O)CCC1=O.CC(C)(C)CBr.CC(C)(C)CCl.CC(C)(C)N1C(=O)C=CC1=O.CC(OC(=O)ON1C(=O)CCC1=O)OC(=O)C(C)(C)C.C[C@H](OC(=O)ON1C(=O)CCC1=O)OC(=O)C(C)(C)C.[Na+]. The molecule has 5 fully saturated rings. The topological polar surface area (TPSA) is 534 Å². The largest absolute Gasteiger partial charge is 1.00 e. The Morgan fingerprint density at radius 1 is 0.422 bits per heavy atom. The standard InChI is InChI=1S/2C12H17NO7.C11H15NO7.C9H13NO7S.C9H13NO4.C8H11NO2.C7H14.C6H12.C5H11Br.C5H9ClO.C5H11Cl.Na/c2*1-7(18-10(16)12(2,3)4)19-11(17)20-13-8(14)5-6-9(13)15;1-11(2,3)9(15)17-6-18-10(16)19-12-7(13)4-5-8(12)14;1-9(2,3)8(13)17-10-6(11)4-5(7(10)12)18(14,15)16;1-9(2,3)8(13)14-10-6(11)4-5-7(10)12;1-8(2,3)9-6(10)4-5-7(9)11;1-6(2)7(3,4)5;1-5-6(2,3)4;1-5(2,3)4-6;1-5(2,3)4(6)7;1-5(2,3)4-6;/h2*7H,5-6H2,1-4H3;4-6H2,1-3H3;5H,4H2,1-3H3,(H,14,15,16);4-5H2,1-3H3;4-5H,1-3H3;1H2,2-5H3;5H,1H2,2-4H3;4H2,1-3H3;1-3H3;4H2,1-3H3;/q;;;;;;;;;;;+1/t7-;;;;;;;;;;;/m0.........../s1. The van der Waals surface area contributed by atoms with E-state index >= 15 is 0 Å². The molecule has 0 aliphatic carbocycles. The minimum atomic E-state index is -4.69. The van der Waals surface area contributed by atoms with Crippen molar-refractivity contribution < 1.29 is 196 Å². The molecular weight excluding hydrogens is 1920 g/mol. The molecule has 46 heteroatoms. The summed E-state index contributed by atoms with van der Waals surface area (Å²) in [5, 5.41) is 0.583. The molecule has 0 aromatic rings. The molecule has 3 atom stereocenters. The first kappa shape index (κ1) is 137. The zero-order valence-electron chi connectivity index (χ0n) is 85.4. The van der Waals surface area contributed by atoms with Crippen molar-refractivity contribution >= 4 is 174 Å². The van der Waals surface area contributed by atoms with Crippen LogP contribution in [0.3, 0.4) is 0 Å². The Kier molecular flexibility index (Phi) is 58.6. The molecule has 766 valence electrons. The summed E-state index contributed by atoms with van der Waals surface area (Å²) in [5.74, 6) is -9.69. The molecule has 0 saturated carbocycles. The van der Waals surface area contributed by atoms with Gasteiger partial charge in [0.1, 0.15) is 0 Å². The second kappa shape index (κ2) is 57.9. The average molecular weight is 2060 g/mol. The third-order valence-corrected chi connectivity index (χ3v) is 19.7. The molecule has 6 heterocycles. The van der Waals surface area contributed by atoms with Crippen LogP contribution in [-0.4, -0.2) is 209 Å². The van der Waals surface area contributed by atoms with E-state index in [2.05, 4.69) is 157 Å². The van der Waals surface area contributed by atoms with Crippen LogP contribution < -0.4 is 29.6 Å². The van der Waals surface area contributed by atoms with Crippen LogP contribution in [0.5, 0.6) is 0 Å². The summed E-state index contributed by atoms with van der Waals surface area (Å²) in [6.07, 6.45) is -2.28. The van der Waals surface area contributed by atoms with Gasteiger partial charge in [0, 0.05) is 99.5 Å². The van der Waals surface area contributed by atoms with Gasteiger partial charge in [0.15, 0.2) is 5.25 Å². The number of hydrogen-bond acceptors (Lipinski definition) is 34. The maximum atomic E-state index is 11.5. The van der Waals surface area contributed by atoms with Gasteiger partial charge in [0.25, 0.3) is 81.0 Å². The minimum absolute atomic E-state index is 0. The van der Waals surface area contributed by atoms with Gasteiger partial charge in [-0.05, 0) is 165 Å². The minimum Gasteiger partial charge on any atom is -0.427 e. The molecule has 41 nitrogen and oxygen atoms in total. The predicted molar refractivity (Wildman–Crippen MR) is 489 cm³/mol. The molecular formula is C89H143BrCl2N6NaO35S+. The number of hydrogen-bond donors (Lipinski definition) is 1. The van der Waals surface area contributed by atoms with E-state index in [-0.39, 0.29) is 108 Å². The Bertz CT molecular complexity index is 4140. The molecule has 12 amide bonds. The second-order valence-electron chi connectivity index (χ2n) is 41.5. The number of amides is 12. The van der Waals surface area contributed by atoms with Crippen LogP contribution >= 0.6 is 39.1 Å². The number of alkyl halides is 2. The van der Waals surface area contributed by atoms with Gasteiger partial charge < -0.3 is 38.1 Å². The number of rotatable bonds is 12. The molecule has 6 aliphatic heterocycles. The first-order valence-corrected chi connectivity index (χ1v) is 45.3. The molecule has 5 saturated heterocycles. The zero-order chi connectivity index (χ0) is 107. The van der Waals surface area contributed by atoms with E-state index in [1.54, 1.807) is 104 Å². The van der Waals surface area contributed by atoms with Crippen molar-refractivity contribution in [3.8, 4) is 0 Å². The van der Waals surface area contributed by atoms with Crippen molar-refractivity contribution in [2.45, 2.75) is 330 Å². The van der Waals surface area contributed by atoms with Crippen LogP contribution in [0.25, 0.3) is 0 Å². The van der Waals surface area contributed by atoms with Crippen LogP contribution in [0.1, 0.15) is 307 Å². The van der Waals surface area contributed by atoms with Gasteiger partial charge in [-0.3, -0.25) is 101 Å². The quantitative estimate of drug-likeness (QED) is 0.0218. The van der Waals surface area contributed by atoms with Crippen LogP contribution in [0, 0.1) is 54.1 Å². The van der Waals surface area contributed by atoms with Crippen molar-refractivity contribution in [2.75, 3.05) is 18.0 Å². The van der Waals surface area contributed by atoms with Crippen LogP contribution in [-0.2, 0) is 149 Å². The van der Waals surface area contributed by atoms with Crippen LogP contribution in [0.15, 0.2) is 37.0 Å². The maximum Gasteiger partial charge on any atom is 1.00 e. The number of allylic oxidation sites excluding steroid dienone is 2. The first-order valence-electron chi connectivity index (χ1n) is 41.8. The maximum absolute atomic E-state index is 11.5. The smallest absolute Gasteiger partial charge is 0.427 e. The molecule has 2 unspecified atom stereocenters. The van der Waals surface area contributed by atoms with Crippen molar-refractivity contribution in [1.29, 1.82) is 0 Å². The Hall–Kier alpha value is -9.14. The second-order valence-corrected chi connectivity index (χ2v) is 44.3. The fourth-order valence-corrected chi connectivity index (χ4v) is 7.36. The van der Waals surface area contributed by atoms with Gasteiger partial charge in [-0.25, -0.2) is 24.0 Å². The summed E-state index contributed by atoms with van der Waals surface area (Å²) in [4.78, 5) is 259. The van der Waals surface area contributed by atoms with Gasteiger partial charge in [-0.1, -0.05) is 153 Å². The molecule has 0 aromatic heterocycles. The van der Waals surface area contributed by atoms with E-state index < -0.39 is 181 Å². The van der Waals surface area contributed by atoms with Crippen LogP contribution in [0.4, 0.5) is 14.4 Å². The number of halogens is 3. The predicted octanol–water partition coefficient (Wildman–Crippen LogP) is 12.2. The summed E-state index contributed by atoms with van der Waals surface area (Å²) >= 11 is 14.0. The fraction of sp³-hybridized carbons (Fsp3) is 0.697. The first-order chi connectivity index (χ1) is 59.7. The molecule has 6 aliphatic rings. The summed E-state index contributed by atoms with van der Waals surface area (Å²) in [7, 11) is -4.69. The summed E-state index contributed by atoms with van der Waals surface area (Å²) in [5.41, 5.74) is -2.06. The fourth-order valence-electron chi connectivity index (χ4n) is 6.66. The number of imide groups is 6. The molecule has 1 N–H and O–H groups in total. The monoisotopic (exact) mass is 2060 g/mol. The molecule has 6 rings (SSSR count). The summed E-state index contributed by atoms with van der Waals surface area (Å²) < 4.78 is 58.4. The third-order valence-electron chi connectivity index (χ3n) is 15.6. The van der Waals surface area contributed by atoms with E-state index in [0.29, 0.717) is 41.9 Å². The van der Waals surface area contributed by atoms with Gasteiger partial charge in [-0.15, -0.1) is 28.3 Å². The van der Waals surface area contributed by atoms with E-state index in [1.807, 2.05) is 26.8 Å². The number of esters is 3. The van der Waals surface area contributed by atoms with Crippen molar-refractivity contribution in [2.24, 2.45) is 54.1 Å². The van der Waals surface area contributed by atoms with Crippen LogP contribution in [0.2, 0.25) is 0 Å². The van der Waals surface area contributed by atoms with Crippen molar-refractivity contribution in [1.82, 2.24) is 30.2 Å². The number of carbonyl (C=O) groups is 21. The average Bonchev–Trinajstić information content (AvgIpc) is 1.62. The number of ether oxygens (including phenoxy) is 6. The van der Waals surface area contributed by atoms with E-state index in [0.717, 1.165) is 11.2 Å². The number of hydroxylamine groups is 10. The van der Waals surface area contributed by atoms with E-state index in [4.69, 9.17) is 42.1 Å². The van der Waals surface area contributed by atoms with Crippen molar-refractivity contribution in [3.05, 3.63) is 37.0 Å². The zero-order valence-corrected chi connectivity index (χ0v) is 91.3. The molecule has 0 radical (unpaired) electrons. The third kappa shape index (κ3) is 60.3. The molecule has 135 heavy (non-hydrogen) atoms. The molecule has 0 spiro atoms. The Morgan fingerprint density at radius 2 is 0.659 bits per heavy atom. The van der Waals surface area contributed by atoms with Crippen molar-refractivity contribution in [3.63, 3.8) is 0 Å². The van der Waals surface area contributed by atoms with E-state index in [9.17, 15) is 109 Å². The number of nitrogens with zero attached hydrogens (tertiary/aromatic N) is 6. The van der Waals surface area contributed by atoms with Gasteiger partial charge in [0.05, 0.1) is 33.5 Å². The van der Waals surface area contributed by atoms with Gasteiger partial charge in [-0.2, -0.15) is 8.42 Å². The van der Waals surface area contributed by atoms with E-state index in [1.165, 1.54) is 57.2 Å². The molecule has 0 bridgehead atoms. The Labute approximate surface area is 833 Å². The summed E-state index contributed by atoms with van der Waals surface area (Å²) in [6, 6.07) is 0. The van der Waals surface area contributed by atoms with Gasteiger partial charge in [0.2, 0.25) is 24.6 Å². The number of carbonyl (C=O) groups excluding carboxylic acids is 21. The summed E-state index contributed by atoms with van der Waals surface area (Å²) in [6.45, 7) is 72.3. The Morgan fingerprint density at radius 3 is 0.844 bits per heavy atom. The van der Waals surface area contributed by atoms with Gasteiger partial charge >= 0.3 is 77.9 Å². The Balaban J connectivity index is -0.000000348. The normalized spacial score (nSPS) is 16.1.